The molecule has 112 valence electrons. The van der Waals surface area contributed by atoms with E-state index < -0.39 is 18.2 Å². The van der Waals surface area contributed by atoms with Crippen LogP contribution in [0.25, 0.3) is 0 Å². The Balaban J connectivity index is 2.58. The summed E-state index contributed by atoms with van der Waals surface area (Å²) < 4.78 is 28.0. The third-order valence-electron chi connectivity index (χ3n) is 3.71. The second-order valence-electron chi connectivity index (χ2n) is 4.66. The highest BCUT2D eigenvalue weighted by Gasteiger charge is 2.53. The number of fused-ring (bicyclic) bond motifs is 1. The van der Waals surface area contributed by atoms with Crippen LogP contribution in [0.5, 0.6) is 0 Å². The van der Waals surface area contributed by atoms with E-state index in [1.807, 2.05) is 18.2 Å². The van der Waals surface area contributed by atoms with E-state index in [4.69, 9.17) is 23.7 Å². The van der Waals surface area contributed by atoms with Crippen LogP contribution in [0.4, 0.5) is 0 Å². The molecule has 2 rings (SSSR count). The maximum absolute atomic E-state index is 6.08. The highest BCUT2D eigenvalue weighted by atomic mass is 16.7. The fourth-order valence-electron chi connectivity index (χ4n) is 2.92. The first-order valence-electron chi connectivity index (χ1n) is 6.58. The number of benzene rings is 1. The van der Waals surface area contributed by atoms with E-state index in [1.54, 1.807) is 28.4 Å². The molecule has 0 saturated carbocycles. The van der Waals surface area contributed by atoms with Gasteiger partial charge in [-0.2, -0.15) is 0 Å². The maximum Gasteiger partial charge on any atom is 0.195 e. The van der Waals surface area contributed by atoms with Crippen molar-refractivity contribution in [3.8, 4) is 0 Å². The summed E-state index contributed by atoms with van der Waals surface area (Å²) in [5.74, 6) is 0. The van der Waals surface area contributed by atoms with Gasteiger partial charge in [0.25, 0.3) is 0 Å². The van der Waals surface area contributed by atoms with Gasteiger partial charge in [-0.1, -0.05) is 24.3 Å². The molecule has 5 heteroatoms. The monoisotopic (exact) mass is 282 g/mol. The zero-order chi connectivity index (χ0) is 14.6. The van der Waals surface area contributed by atoms with Crippen molar-refractivity contribution in [3.05, 3.63) is 35.4 Å². The van der Waals surface area contributed by atoms with E-state index in [-0.39, 0.29) is 0 Å². The minimum absolute atomic E-state index is 0.559. The predicted molar refractivity (Wildman–Crippen MR) is 73.4 cm³/mol. The molecule has 1 aliphatic rings. The normalized spacial score (nSPS) is 17.5. The number of hydrogen-bond acceptors (Lipinski definition) is 5. The lowest BCUT2D eigenvalue weighted by molar-refractivity contribution is -0.327. The second kappa shape index (κ2) is 6.65. The van der Waals surface area contributed by atoms with Gasteiger partial charge < -0.3 is 23.7 Å². The first-order valence-corrected chi connectivity index (χ1v) is 6.58. The third kappa shape index (κ3) is 2.36. The molecule has 20 heavy (non-hydrogen) atoms. The molecular weight excluding hydrogens is 260 g/mol. The molecule has 1 aromatic rings. The van der Waals surface area contributed by atoms with Crippen LogP contribution in [0, 0.1) is 0 Å². The van der Waals surface area contributed by atoms with Gasteiger partial charge in [0.05, 0.1) is 6.61 Å². The van der Waals surface area contributed by atoms with Gasteiger partial charge in [0.1, 0.15) is 0 Å². The topological polar surface area (TPSA) is 46.2 Å². The molecule has 0 spiro atoms. The third-order valence-corrected chi connectivity index (χ3v) is 3.71. The molecule has 0 amide bonds. The highest BCUT2D eigenvalue weighted by molar-refractivity contribution is 5.36. The average Bonchev–Trinajstić information content (AvgIpc) is 2.50. The van der Waals surface area contributed by atoms with Crippen molar-refractivity contribution in [2.75, 3.05) is 35.0 Å². The summed E-state index contributed by atoms with van der Waals surface area (Å²) in [5.41, 5.74) is 1.23. The van der Waals surface area contributed by atoms with Crippen molar-refractivity contribution in [3.63, 3.8) is 0 Å². The van der Waals surface area contributed by atoms with Gasteiger partial charge in [-0.25, -0.2) is 0 Å². The summed E-state index contributed by atoms with van der Waals surface area (Å²) in [6, 6.07) is 8.06. The molecule has 5 nitrogen and oxygen atoms in total. The van der Waals surface area contributed by atoms with Crippen molar-refractivity contribution in [2.45, 2.75) is 24.6 Å². The van der Waals surface area contributed by atoms with Crippen LogP contribution in [0.1, 0.15) is 11.1 Å². The standard InChI is InChI=1S/C15H22O5/c1-16-13(17-2)15(14(18-3)19-4)12-8-6-5-7-11(12)9-10-20-15/h5-8,13-14H,9-10H2,1-4H3. The molecule has 1 aromatic carbocycles. The van der Waals surface area contributed by atoms with Crippen LogP contribution in [-0.2, 0) is 35.7 Å². The molecule has 1 heterocycles. The first kappa shape index (κ1) is 15.4. The predicted octanol–water partition coefficient (Wildman–Crippen LogP) is 1.69. The summed E-state index contributed by atoms with van der Waals surface area (Å²) in [5, 5.41) is 0. The van der Waals surface area contributed by atoms with Gasteiger partial charge in [0, 0.05) is 28.4 Å². The first-order chi connectivity index (χ1) is 9.74. The van der Waals surface area contributed by atoms with Crippen LogP contribution in [-0.4, -0.2) is 47.6 Å². The molecule has 0 fully saturated rings. The quantitative estimate of drug-likeness (QED) is 0.743. The minimum Gasteiger partial charge on any atom is -0.359 e. The van der Waals surface area contributed by atoms with Gasteiger partial charge in [-0.15, -0.1) is 0 Å². The molecule has 0 aliphatic carbocycles. The fraction of sp³-hybridized carbons (Fsp3) is 0.600. The molecule has 0 unspecified atom stereocenters. The van der Waals surface area contributed by atoms with E-state index >= 15 is 0 Å². The van der Waals surface area contributed by atoms with E-state index in [0.717, 1.165) is 12.0 Å². The van der Waals surface area contributed by atoms with Gasteiger partial charge in [0.2, 0.25) is 0 Å². The molecule has 1 aliphatic heterocycles. The second-order valence-corrected chi connectivity index (χ2v) is 4.66. The largest absolute Gasteiger partial charge is 0.359 e. The zero-order valence-electron chi connectivity index (χ0n) is 12.4. The zero-order valence-corrected chi connectivity index (χ0v) is 12.4. The Hall–Kier alpha value is -0.980. The lowest BCUT2D eigenvalue weighted by Crippen LogP contribution is -2.56. The van der Waals surface area contributed by atoms with Crippen LogP contribution in [0.3, 0.4) is 0 Å². The fourth-order valence-corrected chi connectivity index (χ4v) is 2.92. The Morgan fingerprint density at radius 3 is 2.05 bits per heavy atom. The molecular formula is C15H22O5. The Morgan fingerprint density at radius 2 is 1.50 bits per heavy atom. The SMILES string of the molecule is COC(OC)C1(C(OC)OC)OCCc2ccccc21. The summed E-state index contributed by atoms with van der Waals surface area (Å²) in [4.78, 5) is 0. The van der Waals surface area contributed by atoms with E-state index in [2.05, 4.69) is 6.07 Å². The Bertz CT molecular complexity index is 414. The van der Waals surface area contributed by atoms with E-state index in [1.165, 1.54) is 5.56 Å². The lowest BCUT2D eigenvalue weighted by atomic mass is 9.84. The van der Waals surface area contributed by atoms with Gasteiger partial charge >= 0.3 is 0 Å². The van der Waals surface area contributed by atoms with Crippen molar-refractivity contribution in [2.24, 2.45) is 0 Å². The molecule has 0 saturated heterocycles. The Kier molecular flexibility index (Phi) is 5.12. The lowest BCUT2D eigenvalue weighted by Gasteiger charge is -2.45. The van der Waals surface area contributed by atoms with Crippen LogP contribution in [0.15, 0.2) is 24.3 Å². The average molecular weight is 282 g/mol. The van der Waals surface area contributed by atoms with Gasteiger partial charge in [-0.3, -0.25) is 0 Å². The van der Waals surface area contributed by atoms with Crippen molar-refractivity contribution >= 4 is 0 Å². The number of rotatable bonds is 6. The van der Waals surface area contributed by atoms with Gasteiger partial charge in [-0.05, 0) is 17.5 Å². The molecule has 0 N–H and O–H groups in total. The van der Waals surface area contributed by atoms with Crippen LogP contribution >= 0.6 is 0 Å². The van der Waals surface area contributed by atoms with E-state index in [0.29, 0.717) is 6.61 Å². The van der Waals surface area contributed by atoms with Crippen LogP contribution in [0.2, 0.25) is 0 Å². The van der Waals surface area contributed by atoms with Crippen molar-refractivity contribution < 1.29 is 23.7 Å². The molecule has 0 radical (unpaired) electrons. The number of ether oxygens (including phenoxy) is 5. The molecule has 0 bridgehead atoms. The van der Waals surface area contributed by atoms with Crippen LogP contribution < -0.4 is 0 Å². The number of methoxy groups -OCH3 is 4. The minimum atomic E-state index is -0.943. The summed E-state index contributed by atoms with van der Waals surface area (Å²) in [7, 11) is 6.33. The summed E-state index contributed by atoms with van der Waals surface area (Å²) in [6.07, 6.45) is -0.416. The molecule has 0 atom stereocenters. The number of hydrogen-bond donors (Lipinski definition) is 0. The Morgan fingerprint density at radius 1 is 0.950 bits per heavy atom. The van der Waals surface area contributed by atoms with E-state index in [9.17, 15) is 0 Å². The summed E-state index contributed by atoms with van der Waals surface area (Å²) >= 11 is 0. The molecule has 0 aromatic heterocycles. The highest BCUT2D eigenvalue weighted by Crippen LogP contribution is 2.41. The summed E-state index contributed by atoms with van der Waals surface area (Å²) in [6.45, 7) is 0.559. The Labute approximate surface area is 119 Å². The van der Waals surface area contributed by atoms with Crippen molar-refractivity contribution in [1.82, 2.24) is 0 Å². The van der Waals surface area contributed by atoms with Gasteiger partial charge in [0.15, 0.2) is 18.2 Å². The van der Waals surface area contributed by atoms with Crippen molar-refractivity contribution in [1.29, 1.82) is 0 Å². The maximum atomic E-state index is 6.08. The smallest absolute Gasteiger partial charge is 0.195 e.